The molecule has 4 aromatic rings. The molecule has 0 radical (unpaired) electrons. The van der Waals surface area contributed by atoms with E-state index in [4.69, 9.17) is 9.72 Å². The lowest BCUT2D eigenvalue weighted by Crippen LogP contribution is -2.35. The minimum atomic E-state index is 0.844. The van der Waals surface area contributed by atoms with Crippen molar-refractivity contribution in [2.45, 2.75) is 19.5 Å². The van der Waals surface area contributed by atoms with E-state index in [1.165, 1.54) is 27.0 Å². The number of rotatable bonds is 6. The summed E-state index contributed by atoms with van der Waals surface area (Å²) in [5.74, 6) is 0. The lowest BCUT2D eigenvalue weighted by molar-refractivity contribution is 0.0342. The molecule has 29 heavy (non-hydrogen) atoms. The number of aryl methyl sites for hydroxylation is 2. The molecule has 0 bridgehead atoms. The minimum Gasteiger partial charge on any atom is -0.379 e. The van der Waals surface area contributed by atoms with E-state index in [1.54, 1.807) is 0 Å². The van der Waals surface area contributed by atoms with Crippen LogP contribution in [0.3, 0.4) is 0 Å². The summed E-state index contributed by atoms with van der Waals surface area (Å²) in [6.07, 6.45) is 5.21. The van der Waals surface area contributed by atoms with Crippen LogP contribution in [0.2, 0.25) is 0 Å². The maximum Gasteiger partial charge on any atom is 0.139 e. The smallest absolute Gasteiger partial charge is 0.139 e. The first kappa shape index (κ1) is 18.6. The summed E-state index contributed by atoms with van der Waals surface area (Å²) < 4.78 is 7.69. The van der Waals surface area contributed by atoms with Crippen LogP contribution in [0.4, 0.5) is 0 Å². The van der Waals surface area contributed by atoms with Crippen molar-refractivity contribution in [3.63, 3.8) is 0 Å². The SMILES string of the molecule is c1csc(CCn2ccc3cc(-c4ccc(CN5CCOCC5)cc4)cnc32)c1. The van der Waals surface area contributed by atoms with Crippen molar-refractivity contribution in [1.82, 2.24) is 14.5 Å². The Morgan fingerprint density at radius 2 is 1.86 bits per heavy atom. The van der Waals surface area contributed by atoms with Crippen LogP contribution < -0.4 is 0 Å². The lowest BCUT2D eigenvalue weighted by atomic mass is 10.0. The van der Waals surface area contributed by atoms with Gasteiger partial charge in [0, 0.05) is 54.4 Å². The summed E-state index contributed by atoms with van der Waals surface area (Å²) in [4.78, 5) is 8.64. The minimum absolute atomic E-state index is 0.844. The van der Waals surface area contributed by atoms with E-state index in [0.29, 0.717) is 0 Å². The lowest BCUT2D eigenvalue weighted by Gasteiger charge is -2.26. The number of ether oxygens (including phenoxy) is 1. The second-order valence-corrected chi connectivity index (χ2v) is 8.59. The highest BCUT2D eigenvalue weighted by atomic mass is 32.1. The summed E-state index contributed by atoms with van der Waals surface area (Å²) in [5.41, 5.74) is 4.81. The largest absolute Gasteiger partial charge is 0.379 e. The van der Waals surface area contributed by atoms with E-state index in [-0.39, 0.29) is 0 Å². The van der Waals surface area contributed by atoms with Gasteiger partial charge in [0.2, 0.25) is 0 Å². The quantitative estimate of drug-likeness (QED) is 0.461. The van der Waals surface area contributed by atoms with Crippen molar-refractivity contribution in [2.24, 2.45) is 0 Å². The third-order valence-electron chi connectivity index (χ3n) is 5.58. The molecule has 5 rings (SSSR count). The van der Waals surface area contributed by atoms with E-state index >= 15 is 0 Å². The maximum absolute atomic E-state index is 5.44. The Labute approximate surface area is 175 Å². The molecule has 148 valence electrons. The molecule has 0 atom stereocenters. The zero-order valence-corrected chi connectivity index (χ0v) is 17.3. The van der Waals surface area contributed by atoms with E-state index in [0.717, 1.165) is 51.5 Å². The fourth-order valence-electron chi connectivity index (χ4n) is 3.92. The Morgan fingerprint density at radius 1 is 1.00 bits per heavy atom. The van der Waals surface area contributed by atoms with Gasteiger partial charge in [-0.3, -0.25) is 4.90 Å². The molecule has 1 aliphatic heterocycles. The number of benzene rings is 1. The Hall–Kier alpha value is -2.47. The van der Waals surface area contributed by atoms with Crippen LogP contribution in [0.5, 0.6) is 0 Å². The first-order valence-corrected chi connectivity index (χ1v) is 11.1. The molecule has 0 saturated carbocycles. The zero-order chi connectivity index (χ0) is 19.5. The number of nitrogens with zero attached hydrogens (tertiary/aromatic N) is 3. The summed E-state index contributed by atoms with van der Waals surface area (Å²) in [5, 5.41) is 3.34. The molecule has 0 N–H and O–H groups in total. The van der Waals surface area contributed by atoms with E-state index in [1.807, 2.05) is 17.5 Å². The first-order valence-electron chi connectivity index (χ1n) is 10.2. The molecule has 5 heteroatoms. The van der Waals surface area contributed by atoms with Crippen LogP contribution >= 0.6 is 11.3 Å². The average Bonchev–Trinajstić information content (AvgIpc) is 3.43. The van der Waals surface area contributed by atoms with Crippen molar-refractivity contribution in [3.05, 3.63) is 76.7 Å². The highest BCUT2D eigenvalue weighted by Crippen LogP contribution is 2.24. The molecule has 0 spiro atoms. The third kappa shape index (κ3) is 4.27. The highest BCUT2D eigenvalue weighted by Gasteiger charge is 2.11. The van der Waals surface area contributed by atoms with Crippen molar-refractivity contribution in [3.8, 4) is 11.1 Å². The number of hydrogen-bond donors (Lipinski definition) is 0. The molecule has 0 amide bonds. The molecule has 4 nitrogen and oxygen atoms in total. The van der Waals surface area contributed by atoms with Crippen LogP contribution in [0.15, 0.2) is 66.3 Å². The van der Waals surface area contributed by atoms with Gasteiger partial charge in [-0.15, -0.1) is 11.3 Å². The van der Waals surface area contributed by atoms with Crippen molar-refractivity contribution in [1.29, 1.82) is 0 Å². The molecule has 0 aliphatic carbocycles. The summed E-state index contributed by atoms with van der Waals surface area (Å²) in [6.45, 7) is 5.69. The Balaban J connectivity index is 1.29. The molecular weight excluding hydrogens is 378 g/mol. The fraction of sp³-hybridized carbons (Fsp3) is 0.292. The third-order valence-corrected chi connectivity index (χ3v) is 6.51. The number of thiophene rings is 1. The predicted molar refractivity (Wildman–Crippen MR) is 119 cm³/mol. The van der Waals surface area contributed by atoms with E-state index in [2.05, 4.69) is 69.6 Å². The average molecular weight is 404 g/mol. The van der Waals surface area contributed by atoms with Crippen molar-refractivity contribution >= 4 is 22.4 Å². The van der Waals surface area contributed by atoms with Crippen LogP contribution in [0.1, 0.15) is 10.4 Å². The molecule has 1 aliphatic rings. The maximum atomic E-state index is 5.44. The van der Waals surface area contributed by atoms with Gasteiger partial charge in [-0.05, 0) is 41.1 Å². The molecule has 1 fully saturated rings. The van der Waals surface area contributed by atoms with Gasteiger partial charge in [-0.1, -0.05) is 30.3 Å². The van der Waals surface area contributed by atoms with E-state index in [9.17, 15) is 0 Å². The normalized spacial score (nSPS) is 15.2. The van der Waals surface area contributed by atoms with Crippen molar-refractivity contribution in [2.75, 3.05) is 26.3 Å². The van der Waals surface area contributed by atoms with Crippen LogP contribution in [-0.4, -0.2) is 40.8 Å². The second kappa shape index (κ2) is 8.49. The zero-order valence-electron chi connectivity index (χ0n) is 16.5. The second-order valence-electron chi connectivity index (χ2n) is 7.56. The highest BCUT2D eigenvalue weighted by molar-refractivity contribution is 7.09. The van der Waals surface area contributed by atoms with Crippen LogP contribution in [0.25, 0.3) is 22.2 Å². The van der Waals surface area contributed by atoms with Gasteiger partial charge < -0.3 is 9.30 Å². The summed E-state index contributed by atoms with van der Waals surface area (Å²) in [7, 11) is 0. The first-order chi connectivity index (χ1) is 14.3. The van der Waals surface area contributed by atoms with Gasteiger partial charge in [-0.2, -0.15) is 0 Å². The Morgan fingerprint density at radius 3 is 2.66 bits per heavy atom. The number of morpholine rings is 1. The molecule has 0 unspecified atom stereocenters. The molecule has 1 saturated heterocycles. The number of pyridine rings is 1. The topological polar surface area (TPSA) is 30.3 Å². The van der Waals surface area contributed by atoms with Gasteiger partial charge in [0.15, 0.2) is 0 Å². The van der Waals surface area contributed by atoms with Gasteiger partial charge in [-0.25, -0.2) is 4.98 Å². The molecular formula is C24H25N3OS. The van der Waals surface area contributed by atoms with E-state index < -0.39 is 0 Å². The standard InChI is InChI=1S/C24H25N3OS/c1-2-23(29-15-1)8-10-27-9-7-21-16-22(17-25-24(21)27)20-5-3-19(4-6-20)18-26-11-13-28-14-12-26/h1-7,9,15-17H,8,10-14,18H2. The molecule has 3 aromatic heterocycles. The van der Waals surface area contributed by atoms with Gasteiger partial charge in [0.05, 0.1) is 13.2 Å². The summed E-state index contributed by atoms with van der Waals surface area (Å²) >= 11 is 1.82. The molecule has 4 heterocycles. The number of fused-ring (bicyclic) bond motifs is 1. The van der Waals surface area contributed by atoms with Crippen LogP contribution in [-0.2, 0) is 24.2 Å². The fourth-order valence-corrected chi connectivity index (χ4v) is 4.62. The van der Waals surface area contributed by atoms with Crippen LogP contribution in [0, 0.1) is 0 Å². The Kier molecular flexibility index (Phi) is 5.43. The predicted octanol–water partition coefficient (Wildman–Crippen LogP) is 4.84. The van der Waals surface area contributed by atoms with Gasteiger partial charge >= 0.3 is 0 Å². The Bertz CT molecular complexity index is 1060. The van der Waals surface area contributed by atoms with Gasteiger partial charge in [0.1, 0.15) is 5.65 Å². The summed E-state index contributed by atoms with van der Waals surface area (Å²) in [6, 6.07) is 17.6. The van der Waals surface area contributed by atoms with Crippen molar-refractivity contribution < 1.29 is 4.74 Å². The number of hydrogen-bond acceptors (Lipinski definition) is 4. The monoisotopic (exact) mass is 403 g/mol. The molecule has 1 aromatic carbocycles. The number of aromatic nitrogens is 2. The van der Waals surface area contributed by atoms with Gasteiger partial charge in [0.25, 0.3) is 0 Å².